The molecule has 0 aromatic rings. The van der Waals surface area contributed by atoms with Gasteiger partial charge in [-0.2, -0.15) is 21.6 Å². The van der Waals surface area contributed by atoms with E-state index in [4.69, 9.17) is 0 Å². The largest absolute Gasteiger partial charge is 0.523 e. The van der Waals surface area contributed by atoms with Crippen molar-refractivity contribution in [3.05, 3.63) is 0 Å². The maximum Gasteiger partial charge on any atom is 0.523 e. The van der Waals surface area contributed by atoms with Crippen LogP contribution in [0.25, 0.3) is 0 Å². The molecular weight excluding hydrogens is 293 g/mol. The maximum absolute atomic E-state index is 12.5. The summed E-state index contributed by atoms with van der Waals surface area (Å²) in [5.74, 6) is 1.63. The van der Waals surface area contributed by atoms with E-state index in [0.717, 1.165) is 38.5 Å². The van der Waals surface area contributed by atoms with Crippen LogP contribution in [0.4, 0.5) is 13.2 Å². The van der Waals surface area contributed by atoms with Crippen molar-refractivity contribution in [2.45, 2.75) is 57.1 Å². The minimum absolute atomic E-state index is 0.368. The number of alkyl halides is 3. The van der Waals surface area contributed by atoms with Crippen molar-refractivity contribution in [3.63, 3.8) is 0 Å². The fourth-order valence-electron chi connectivity index (χ4n) is 5.02. The van der Waals surface area contributed by atoms with Gasteiger partial charge in [-0.1, -0.05) is 0 Å². The van der Waals surface area contributed by atoms with E-state index in [1.54, 1.807) is 0 Å². The Hall–Kier alpha value is -0.300. The molecule has 4 fully saturated rings. The molecule has 1 unspecified atom stereocenters. The lowest BCUT2D eigenvalue weighted by Crippen LogP contribution is -2.52. The molecule has 20 heavy (non-hydrogen) atoms. The molecule has 0 spiro atoms. The highest BCUT2D eigenvalue weighted by Gasteiger charge is 2.56. The molecule has 1 atom stereocenters. The van der Waals surface area contributed by atoms with E-state index in [2.05, 4.69) is 4.18 Å². The molecule has 4 saturated carbocycles. The Morgan fingerprint density at radius 2 is 1.45 bits per heavy atom. The molecule has 0 N–H and O–H groups in total. The van der Waals surface area contributed by atoms with Gasteiger partial charge >= 0.3 is 15.6 Å². The standard InChI is InChI=1S/C13H19F3O3S/c1-8(19-20(17,18)13(14,15)16)12-5-9-2-10(6-12)4-11(3-9)7-12/h8-11H,2-7H2,1H3. The van der Waals surface area contributed by atoms with Crippen LogP contribution >= 0.6 is 0 Å². The van der Waals surface area contributed by atoms with Gasteiger partial charge in [0.2, 0.25) is 0 Å². The molecule has 116 valence electrons. The van der Waals surface area contributed by atoms with E-state index in [0.29, 0.717) is 17.8 Å². The lowest BCUT2D eigenvalue weighted by atomic mass is 9.48. The number of rotatable bonds is 3. The zero-order chi connectivity index (χ0) is 14.8. The first-order chi connectivity index (χ1) is 9.11. The van der Waals surface area contributed by atoms with Gasteiger partial charge in [-0.25, -0.2) is 0 Å². The molecule has 4 aliphatic carbocycles. The summed E-state index contributed by atoms with van der Waals surface area (Å²) in [7, 11) is -5.49. The van der Waals surface area contributed by atoms with Crippen molar-refractivity contribution in [3.8, 4) is 0 Å². The summed E-state index contributed by atoms with van der Waals surface area (Å²) >= 11 is 0. The summed E-state index contributed by atoms with van der Waals surface area (Å²) in [6, 6.07) is 0. The van der Waals surface area contributed by atoms with Crippen molar-refractivity contribution in [1.82, 2.24) is 0 Å². The molecule has 7 heteroatoms. The molecule has 0 aliphatic heterocycles. The van der Waals surface area contributed by atoms with Crippen LogP contribution in [0, 0.1) is 23.2 Å². The first-order valence-corrected chi connectivity index (χ1v) is 8.52. The third kappa shape index (κ3) is 2.26. The van der Waals surface area contributed by atoms with E-state index >= 15 is 0 Å². The van der Waals surface area contributed by atoms with Crippen molar-refractivity contribution in [1.29, 1.82) is 0 Å². The third-order valence-corrected chi connectivity index (χ3v) is 6.61. The average molecular weight is 312 g/mol. The minimum atomic E-state index is -5.49. The fourth-order valence-corrected chi connectivity index (χ4v) is 5.72. The van der Waals surface area contributed by atoms with Crippen LogP contribution in [0.1, 0.15) is 45.4 Å². The van der Waals surface area contributed by atoms with Gasteiger partial charge in [-0.3, -0.25) is 4.18 Å². The summed E-state index contributed by atoms with van der Waals surface area (Å²) < 4.78 is 64.3. The molecular formula is C13H19F3O3S. The van der Waals surface area contributed by atoms with Crippen molar-refractivity contribution >= 4 is 10.1 Å². The summed E-state index contributed by atoms with van der Waals surface area (Å²) in [4.78, 5) is 0. The molecule has 4 rings (SSSR count). The van der Waals surface area contributed by atoms with Crippen LogP contribution in [0.15, 0.2) is 0 Å². The predicted molar refractivity (Wildman–Crippen MR) is 66.1 cm³/mol. The molecule has 0 aromatic carbocycles. The summed E-state index contributed by atoms with van der Waals surface area (Å²) in [6.45, 7) is 1.50. The molecule has 0 amide bonds. The Kier molecular flexibility index (Phi) is 3.18. The average Bonchev–Trinajstić information content (AvgIpc) is 2.24. The Morgan fingerprint density at radius 3 is 1.80 bits per heavy atom. The van der Waals surface area contributed by atoms with Crippen LogP contribution in [0.3, 0.4) is 0 Å². The predicted octanol–water partition coefficient (Wildman–Crippen LogP) is 3.46. The highest BCUT2D eigenvalue weighted by Crippen LogP contribution is 2.62. The first kappa shape index (κ1) is 14.6. The second-order valence-corrected chi connectivity index (χ2v) is 8.48. The molecule has 4 aliphatic rings. The van der Waals surface area contributed by atoms with Gasteiger partial charge in [-0.05, 0) is 68.6 Å². The van der Waals surface area contributed by atoms with Crippen LogP contribution in [0.5, 0.6) is 0 Å². The molecule has 0 heterocycles. The van der Waals surface area contributed by atoms with Gasteiger partial charge in [0.15, 0.2) is 0 Å². The van der Waals surface area contributed by atoms with Crippen LogP contribution in [-0.4, -0.2) is 20.0 Å². The SMILES string of the molecule is CC(OS(=O)(=O)C(F)(F)F)C12CC3CC(CC(C3)C1)C2. The Morgan fingerprint density at radius 1 is 1.05 bits per heavy atom. The molecule has 0 aromatic heterocycles. The Balaban J connectivity index is 1.79. The molecule has 3 nitrogen and oxygen atoms in total. The quantitative estimate of drug-likeness (QED) is 0.592. The number of halogens is 3. The zero-order valence-corrected chi connectivity index (χ0v) is 12.1. The number of hydrogen-bond acceptors (Lipinski definition) is 3. The van der Waals surface area contributed by atoms with Gasteiger partial charge < -0.3 is 0 Å². The van der Waals surface area contributed by atoms with Gasteiger partial charge in [0, 0.05) is 0 Å². The van der Waals surface area contributed by atoms with Crippen molar-refractivity contribution in [2.75, 3.05) is 0 Å². The minimum Gasteiger partial charge on any atom is -0.260 e. The summed E-state index contributed by atoms with van der Waals surface area (Å²) in [5, 5.41) is 0. The van der Waals surface area contributed by atoms with Crippen LogP contribution in [-0.2, 0) is 14.3 Å². The zero-order valence-electron chi connectivity index (χ0n) is 11.3. The first-order valence-electron chi connectivity index (χ1n) is 7.11. The van der Waals surface area contributed by atoms with Crippen molar-refractivity contribution < 1.29 is 25.8 Å². The second kappa shape index (κ2) is 4.35. The van der Waals surface area contributed by atoms with E-state index in [1.807, 2.05) is 0 Å². The molecule has 4 bridgehead atoms. The van der Waals surface area contributed by atoms with E-state index in [1.165, 1.54) is 6.92 Å². The fraction of sp³-hybridized carbons (Fsp3) is 1.00. The monoisotopic (exact) mass is 312 g/mol. The van der Waals surface area contributed by atoms with Gasteiger partial charge in [0.1, 0.15) is 0 Å². The van der Waals surface area contributed by atoms with Crippen molar-refractivity contribution in [2.24, 2.45) is 23.2 Å². The van der Waals surface area contributed by atoms with E-state index in [9.17, 15) is 21.6 Å². The Labute approximate surface area is 117 Å². The van der Waals surface area contributed by atoms with Gasteiger partial charge in [-0.15, -0.1) is 0 Å². The lowest BCUT2D eigenvalue weighted by Gasteiger charge is -2.58. The summed E-state index contributed by atoms with van der Waals surface area (Å²) in [6.07, 6.45) is 5.00. The van der Waals surface area contributed by atoms with Gasteiger partial charge in [0.05, 0.1) is 6.10 Å². The van der Waals surface area contributed by atoms with E-state index in [-0.39, 0.29) is 5.41 Å². The normalized spacial score (nSPS) is 41.9. The third-order valence-electron chi connectivity index (χ3n) is 5.50. The highest BCUT2D eigenvalue weighted by molar-refractivity contribution is 7.87. The smallest absolute Gasteiger partial charge is 0.260 e. The van der Waals surface area contributed by atoms with Crippen LogP contribution in [0.2, 0.25) is 0 Å². The topological polar surface area (TPSA) is 43.4 Å². The second-order valence-electron chi connectivity index (χ2n) is 6.92. The highest BCUT2D eigenvalue weighted by atomic mass is 32.2. The van der Waals surface area contributed by atoms with Crippen LogP contribution < -0.4 is 0 Å². The van der Waals surface area contributed by atoms with Gasteiger partial charge in [0.25, 0.3) is 0 Å². The number of hydrogen-bond donors (Lipinski definition) is 0. The summed E-state index contributed by atoms with van der Waals surface area (Å²) in [5.41, 5.74) is -5.70. The van der Waals surface area contributed by atoms with E-state index < -0.39 is 21.7 Å². The Bertz CT molecular complexity index is 462. The molecule has 0 radical (unpaired) electrons. The lowest BCUT2D eigenvalue weighted by molar-refractivity contribution is -0.113. The molecule has 0 saturated heterocycles. The maximum atomic E-state index is 12.5.